The number of morpholine rings is 1. The summed E-state index contributed by atoms with van der Waals surface area (Å²) >= 11 is 6.95. The second-order valence-corrected chi connectivity index (χ2v) is 7.94. The van der Waals surface area contributed by atoms with Crippen molar-refractivity contribution < 1.29 is 14.3 Å². The fourth-order valence-corrected chi connectivity index (χ4v) is 3.87. The molecule has 28 heavy (non-hydrogen) atoms. The van der Waals surface area contributed by atoms with Gasteiger partial charge in [0.05, 0.1) is 13.2 Å². The van der Waals surface area contributed by atoms with Crippen molar-refractivity contribution in [3.05, 3.63) is 68.1 Å². The van der Waals surface area contributed by atoms with Crippen molar-refractivity contribution in [2.24, 2.45) is 0 Å². The Bertz CT molecular complexity index is 914. The van der Waals surface area contributed by atoms with Crippen molar-refractivity contribution in [1.82, 2.24) is 4.90 Å². The molecule has 5 nitrogen and oxygen atoms in total. The third kappa shape index (κ3) is 5.44. The van der Waals surface area contributed by atoms with Crippen LogP contribution in [-0.2, 0) is 16.1 Å². The Kier molecular flexibility index (Phi) is 7.26. The molecule has 144 valence electrons. The number of rotatable bonds is 5. The van der Waals surface area contributed by atoms with Gasteiger partial charge in [0, 0.05) is 27.6 Å². The van der Waals surface area contributed by atoms with Crippen molar-refractivity contribution in [3.63, 3.8) is 0 Å². The zero-order valence-electron chi connectivity index (χ0n) is 15.0. The van der Waals surface area contributed by atoms with Gasteiger partial charge in [0.1, 0.15) is 24.0 Å². The van der Waals surface area contributed by atoms with Gasteiger partial charge < -0.3 is 14.4 Å². The van der Waals surface area contributed by atoms with Crippen LogP contribution in [0, 0.1) is 11.3 Å². The molecular weight excluding hydrogens is 488 g/mol. The largest absolute Gasteiger partial charge is 0.489 e. The number of hydrogen-bond donors (Lipinski definition) is 0. The Morgan fingerprint density at radius 2 is 1.89 bits per heavy atom. The minimum atomic E-state index is -0.258. The van der Waals surface area contributed by atoms with E-state index in [1.165, 1.54) is 0 Å². The van der Waals surface area contributed by atoms with E-state index < -0.39 is 0 Å². The minimum absolute atomic E-state index is 0.120. The van der Waals surface area contributed by atoms with Crippen LogP contribution in [0.3, 0.4) is 0 Å². The lowest BCUT2D eigenvalue weighted by Crippen LogP contribution is -2.41. The average molecular weight is 506 g/mol. The quantitative estimate of drug-likeness (QED) is 0.441. The van der Waals surface area contributed by atoms with E-state index in [0.29, 0.717) is 38.7 Å². The molecule has 0 radical (unpaired) electrons. The average Bonchev–Trinajstić information content (AvgIpc) is 2.72. The maximum atomic E-state index is 12.5. The van der Waals surface area contributed by atoms with E-state index in [4.69, 9.17) is 9.47 Å². The molecule has 7 heteroatoms. The lowest BCUT2D eigenvalue weighted by Gasteiger charge is -2.26. The number of benzene rings is 2. The maximum Gasteiger partial charge on any atom is 0.264 e. The van der Waals surface area contributed by atoms with Crippen LogP contribution in [0.2, 0.25) is 0 Å². The van der Waals surface area contributed by atoms with Gasteiger partial charge in [0.25, 0.3) is 5.91 Å². The number of nitriles is 1. The number of halogens is 2. The Morgan fingerprint density at radius 3 is 2.54 bits per heavy atom. The van der Waals surface area contributed by atoms with Crippen molar-refractivity contribution in [2.75, 3.05) is 26.3 Å². The van der Waals surface area contributed by atoms with E-state index in [1.54, 1.807) is 11.0 Å². The number of nitrogens with zero attached hydrogens (tertiary/aromatic N) is 2. The summed E-state index contributed by atoms with van der Waals surface area (Å²) in [4.78, 5) is 14.1. The molecule has 0 bridgehead atoms. The molecule has 0 atom stereocenters. The molecule has 0 saturated carbocycles. The summed E-state index contributed by atoms with van der Waals surface area (Å²) in [6.07, 6.45) is 1.60. The van der Waals surface area contributed by atoms with E-state index in [0.717, 1.165) is 20.1 Å². The van der Waals surface area contributed by atoms with E-state index in [2.05, 4.69) is 31.9 Å². The van der Waals surface area contributed by atoms with Crippen LogP contribution in [-0.4, -0.2) is 37.1 Å². The first-order valence-corrected chi connectivity index (χ1v) is 10.3. The van der Waals surface area contributed by atoms with E-state index in [9.17, 15) is 10.1 Å². The summed E-state index contributed by atoms with van der Waals surface area (Å²) in [6.45, 7) is 2.46. The van der Waals surface area contributed by atoms with Crippen LogP contribution in [0.15, 0.2) is 57.0 Å². The smallest absolute Gasteiger partial charge is 0.264 e. The van der Waals surface area contributed by atoms with Crippen molar-refractivity contribution in [3.8, 4) is 11.8 Å². The zero-order valence-corrected chi connectivity index (χ0v) is 18.2. The molecule has 0 N–H and O–H groups in total. The minimum Gasteiger partial charge on any atom is -0.489 e. The van der Waals surface area contributed by atoms with Crippen molar-refractivity contribution >= 4 is 43.8 Å². The number of ether oxygens (including phenoxy) is 2. The fourth-order valence-electron chi connectivity index (χ4n) is 2.71. The molecule has 2 aromatic rings. The molecule has 1 saturated heterocycles. The molecule has 0 unspecified atom stereocenters. The molecule has 3 rings (SSSR count). The Morgan fingerprint density at radius 1 is 1.18 bits per heavy atom. The van der Waals surface area contributed by atoms with Crippen LogP contribution in [0.4, 0.5) is 0 Å². The molecule has 1 amide bonds. The second-order valence-electron chi connectivity index (χ2n) is 6.17. The Balaban J connectivity index is 1.64. The molecule has 1 fully saturated rings. The van der Waals surface area contributed by atoms with Crippen LogP contribution < -0.4 is 4.74 Å². The number of carbonyl (C=O) groups excluding carboxylic acids is 1. The number of hydrogen-bond acceptors (Lipinski definition) is 4. The lowest BCUT2D eigenvalue weighted by molar-refractivity contribution is -0.130. The van der Waals surface area contributed by atoms with Gasteiger partial charge in [-0.3, -0.25) is 4.79 Å². The summed E-state index contributed by atoms with van der Waals surface area (Å²) in [5.41, 5.74) is 1.93. The van der Waals surface area contributed by atoms with Crippen LogP contribution in [0.25, 0.3) is 6.08 Å². The van der Waals surface area contributed by atoms with Gasteiger partial charge in [0.2, 0.25) is 0 Å². The molecule has 0 spiro atoms. The summed E-state index contributed by atoms with van der Waals surface area (Å²) in [7, 11) is 0. The lowest BCUT2D eigenvalue weighted by atomic mass is 10.1. The molecule has 1 aliphatic rings. The monoisotopic (exact) mass is 504 g/mol. The first-order valence-electron chi connectivity index (χ1n) is 8.72. The van der Waals surface area contributed by atoms with Gasteiger partial charge in [-0.25, -0.2) is 0 Å². The summed E-state index contributed by atoms with van der Waals surface area (Å²) in [5.74, 6) is 0.455. The molecule has 0 aromatic heterocycles. The highest BCUT2D eigenvalue weighted by molar-refractivity contribution is 9.11. The summed E-state index contributed by atoms with van der Waals surface area (Å²) in [5, 5.41) is 9.37. The highest BCUT2D eigenvalue weighted by Crippen LogP contribution is 2.24. The maximum absolute atomic E-state index is 12.5. The predicted molar refractivity (Wildman–Crippen MR) is 114 cm³/mol. The van der Waals surface area contributed by atoms with Gasteiger partial charge in [-0.2, -0.15) is 5.26 Å². The Labute approximate surface area is 180 Å². The number of carbonyl (C=O) groups is 1. The molecular formula is C21H18Br2N2O3. The van der Waals surface area contributed by atoms with Gasteiger partial charge in [-0.1, -0.05) is 50.1 Å². The van der Waals surface area contributed by atoms with Crippen molar-refractivity contribution in [2.45, 2.75) is 6.61 Å². The fraction of sp³-hybridized carbons (Fsp3) is 0.238. The number of amides is 1. The third-order valence-electron chi connectivity index (χ3n) is 4.25. The predicted octanol–water partition coefficient (Wildman–Crippen LogP) is 4.56. The molecule has 2 aromatic carbocycles. The molecule has 0 aliphatic carbocycles. The van der Waals surface area contributed by atoms with Crippen LogP contribution in [0.1, 0.15) is 11.1 Å². The molecule has 1 aliphatic heterocycles. The van der Waals surface area contributed by atoms with E-state index >= 15 is 0 Å². The van der Waals surface area contributed by atoms with Gasteiger partial charge in [-0.05, 0) is 35.9 Å². The van der Waals surface area contributed by atoms with Crippen LogP contribution >= 0.6 is 31.9 Å². The molecule has 1 heterocycles. The van der Waals surface area contributed by atoms with E-state index in [-0.39, 0.29) is 11.5 Å². The van der Waals surface area contributed by atoms with Gasteiger partial charge >= 0.3 is 0 Å². The first kappa shape index (κ1) is 20.6. The van der Waals surface area contributed by atoms with Crippen LogP contribution in [0.5, 0.6) is 5.75 Å². The SMILES string of the molecule is N#C/C(=C/c1ccc(OCc2ccc(Br)cc2Br)cc1)C(=O)N1CCOCC1. The van der Waals surface area contributed by atoms with Gasteiger partial charge in [-0.15, -0.1) is 0 Å². The first-order chi connectivity index (χ1) is 13.6. The van der Waals surface area contributed by atoms with Gasteiger partial charge in [0.15, 0.2) is 0 Å². The Hall–Kier alpha value is -2.14. The summed E-state index contributed by atoms with van der Waals surface area (Å²) in [6, 6.07) is 15.2. The highest BCUT2D eigenvalue weighted by Gasteiger charge is 2.20. The highest BCUT2D eigenvalue weighted by atomic mass is 79.9. The third-order valence-corrected chi connectivity index (χ3v) is 5.48. The second kappa shape index (κ2) is 9.87. The standard InChI is InChI=1S/C21H18Br2N2O3/c22-18-4-3-16(20(23)12-18)14-28-19-5-1-15(2-6-19)11-17(13-24)21(26)25-7-9-27-10-8-25/h1-6,11-12H,7-10,14H2/b17-11-. The zero-order chi connectivity index (χ0) is 19.9. The van der Waals surface area contributed by atoms with E-state index in [1.807, 2.05) is 48.5 Å². The normalized spacial score (nSPS) is 14.5. The topological polar surface area (TPSA) is 62.6 Å². The summed E-state index contributed by atoms with van der Waals surface area (Å²) < 4.78 is 13.0. The van der Waals surface area contributed by atoms with Crippen molar-refractivity contribution in [1.29, 1.82) is 5.26 Å².